The van der Waals surface area contributed by atoms with Gasteiger partial charge in [0.2, 0.25) is 0 Å². The van der Waals surface area contributed by atoms with Crippen LogP contribution in [-0.2, 0) is 0 Å². The van der Waals surface area contributed by atoms with Crippen LogP contribution in [0.3, 0.4) is 0 Å². The highest BCUT2D eigenvalue weighted by atomic mass is 16.3. The Balaban J connectivity index is 3.77. The van der Waals surface area contributed by atoms with Crippen LogP contribution in [0, 0.1) is 5.92 Å². The summed E-state index contributed by atoms with van der Waals surface area (Å²) in [6, 6.07) is 0. The second-order valence-electron chi connectivity index (χ2n) is 4.49. The van der Waals surface area contributed by atoms with E-state index in [0.29, 0.717) is 0 Å². The summed E-state index contributed by atoms with van der Waals surface area (Å²) in [5, 5.41) is 10.0. The minimum absolute atomic E-state index is 0.222. The highest BCUT2D eigenvalue weighted by Crippen LogP contribution is 2.23. The first-order valence-electron chi connectivity index (χ1n) is 6.05. The predicted octanol–water partition coefficient (Wildman–Crippen LogP) is 3.04. The van der Waals surface area contributed by atoms with Crippen LogP contribution in [0.2, 0.25) is 0 Å². The van der Waals surface area contributed by atoms with E-state index < -0.39 is 5.72 Å². The monoisotopic (exact) mass is 201 g/mol. The fourth-order valence-corrected chi connectivity index (χ4v) is 1.66. The molecule has 0 bridgehead atoms. The maximum atomic E-state index is 10.0. The van der Waals surface area contributed by atoms with E-state index in [1.807, 2.05) is 0 Å². The molecule has 0 saturated heterocycles. The van der Waals surface area contributed by atoms with E-state index in [1.165, 1.54) is 19.3 Å². The summed E-state index contributed by atoms with van der Waals surface area (Å²) in [5.74, 6) is 0.222. The molecule has 0 aromatic rings. The SMILES string of the molecule is CCCCCC(N)(O)C(C)CCCC. The smallest absolute Gasteiger partial charge is 0.116 e. The van der Waals surface area contributed by atoms with Gasteiger partial charge in [0, 0.05) is 0 Å². The highest BCUT2D eigenvalue weighted by Gasteiger charge is 2.27. The first-order valence-corrected chi connectivity index (χ1v) is 6.05. The zero-order valence-electron chi connectivity index (χ0n) is 10.1. The van der Waals surface area contributed by atoms with E-state index in [4.69, 9.17) is 5.73 Å². The molecule has 0 aliphatic heterocycles. The van der Waals surface area contributed by atoms with Gasteiger partial charge >= 0.3 is 0 Å². The Hall–Kier alpha value is -0.0800. The van der Waals surface area contributed by atoms with Crippen molar-refractivity contribution in [3.63, 3.8) is 0 Å². The fraction of sp³-hybridized carbons (Fsp3) is 1.00. The highest BCUT2D eigenvalue weighted by molar-refractivity contribution is 4.77. The summed E-state index contributed by atoms with van der Waals surface area (Å²) in [6.07, 6.45) is 7.50. The van der Waals surface area contributed by atoms with Gasteiger partial charge in [-0.2, -0.15) is 0 Å². The zero-order valence-corrected chi connectivity index (χ0v) is 10.1. The predicted molar refractivity (Wildman–Crippen MR) is 62.0 cm³/mol. The lowest BCUT2D eigenvalue weighted by Gasteiger charge is -2.30. The molecule has 0 spiro atoms. The van der Waals surface area contributed by atoms with E-state index in [0.717, 1.165) is 25.7 Å². The summed E-state index contributed by atoms with van der Waals surface area (Å²) in [6.45, 7) is 6.39. The quantitative estimate of drug-likeness (QED) is 0.468. The Morgan fingerprint density at radius 2 is 1.71 bits per heavy atom. The average Bonchev–Trinajstić information content (AvgIpc) is 2.14. The first-order chi connectivity index (χ1) is 6.54. The lowest BCUT2D eigenvalue weighted by molar-refractivity contribution is -0.0197. The Bertz CT molecular complexity index is 134. The minimum Gasteiger partial charge on any atom is -0.376 e. The summed E-state index contributed by atoms with van der Waals surface area (Å²) in [4.78, 5) is 0. The van der Waals surface area contributed by atoms with Crippen LogP contribution in [0.4, 0.5) is 0 Å². The van der Waals surface area contributed by atoms with Crippen molar-refractivity contribution in [1.29, 1.82) is 0 Å². The summed E-state index contributed by atoms with van der Waals surface area (Å²) >= 11 is 0. The lowest BCUT2D eigenvalue weighted by atomic mass is 9.89. The second-order valence-corrected chi connectivity index (χ2v) is 4.49. The maximum absolute atomic E-state index is 10.0. The molecule has 0 aromatic carbocycles. The maximum Gasteiger partial charge on any atom is 0.116 e. The number of hydrogen-bond acceptors (Lipinski definition) is 2. The van der Waals surface area contributed by atoms with Gasteiger partial charge in [0.05, 0.1) is 0 Å². The molecule has 14 heavy (non-hydrogen) atoms. The normalized spacial score (nSPS) is 17.8. The van der Waals surface area contributed by atoms with Gasteiger partial charge in [0.1, 0.15) is 5.72 Å². The van der Waals surface area contributed by atoms with Crippen molar-refractivity contribution < 1.29 is 5.11 Å². The topological polar surface area (TPSA) is 46.2 Å². The molecule has 0 heterocycles. The van der Waals surface area contributed by atoms with E-state index >= 15 is 0 Å². The van der Waals surface area contributed by atoms with Gasteiger partial charge in [-0.3, -0.25) is 0 Å². The van der Waals surface area contributed by atoms with Crippen molar-refractivity contribution in [2.45, 2.75) is 71.4 Å². The number of aliphatic hydroxyl groups is 1. The van der Waals surface area contributed by atoms with Crippen molar-refractivity contribution in [2.75, 3.05) is 0 Å². The van der Waals surface area contributed by atoms with Crippen LogP contribution < -0.4 is 5.73 Å². The molecule has 0 amide bonds. The van der Waals surface area contributed by atoms with Gasteiger partial charge in [0.15, 0.2) is 0 Å². The standard InChI is InChI=1S/C12H27NO/c1-4-6-8-10-12(13,14)11(3)9-7-5-2/h11,14H,4-10,13H2,1-3H3. The van der Waals surface area contributed by atoms with E-state index in [9.17, 15) is 5.11 Å². The molecule has 86 valence electrons. The van der Waals surface area contributed by atoms with E-state index in [1.54, 1.807) is 0 Å². The molecule has 2 nitrogen and oxygen atoms in total. The van der Waals surface area contributed by atoms with Crippen molar-refractivity contribution in [1.82, 2.24) is 0 Å². The second kappa shape index (κ2) is 7.24. The first kappa shape index (κ1) is 13.9. The number of hydrogen-bond donors (Lipinski definition) is 2. The molecule has 3 N–H and O–H groups in total. The van der Waals surface area contributed by atoms with Gasteiger partial charge in [-0.25, -0.2) is 0 Å². The molecule has 0 aliphatic carbocycles. The van der Waals surface area contributed by atoms with Gasteiger partial charge < -0.3 is 10.8 Å². The number of rotatable bonds is 8. The van der Waals surface area contributed by atoms with Crippen molar-refractivity contribution in [3.05, 3.63) is 0 Å². The summed E-state index contributed by atoms with van der Waals surface area (Å²) in [7, 11) is 0. The van der Waals surface area contributed by atoms with Crippen LogP contribution in [0.1, 0.15) is 65.7 Å². The minimum atomic E-state index is -0.940. The molecule has 0 aromatic heterocycles. The lowest BCUT2D eigenvalue weighted by Crippen LogP contribution is -2.45. The molecule has 2 unspecified atom stereocenters. The summed E-state index contributed by atoms with van der Waals surface area (Å²) < 4.78 is 0. The van der Waals surface area contributed by atoms with Gasteiger partial charge in [-0.05, 0) is 25.2 Å². The number of unbranched alkanes of at least 4 members (excludes halogenated alkanes) is 3. The third-order valence-corrected chi connectivity index (χ3v) is 3.02. The molecule has 0 saturated carbocycles. The Kier molecular flexibility index (Phi) is 7.20. The largest absolute Gasteiger partial charge is 0.376 e. The van der Waals surface area contributed by atoms with E-state index in [2.05, 4.69) is 20.8 Å². The molecular weight excluding hydrogens is 174 g/mol. The third-order valence-electron chi connectivity index (χ3n) is 3.02. The number of nitrogens with two attached hydrogens (primary N) is 1. The van der Waals surface area contributed by atoms with Crippen molar-refractivity contribution in [3.8, 4) is 0 Å². The molecule has 0 rings (SSSR count). The Morgan fingerprint density at radius 1 is 1.14 bits per heavy atom. The summed E-state index contributed by atoms with van der Waals surface area (Å²) in [5.41, 5.74) is 4.96. The van der Waals surface area contributed by atoms with Crippen LogP contribution in [-0.4, -0.2) is 10.8 Å². The molecule has 0 fully saturated rings. The van der Waals surface area contributed by atoms with Crippen LogP contribution in [0.5, 0.6) is 0 Å². The molecular formula is C12H27NO. The molecule has 2 heteroatoms. The van der Waals surface area contributed by atoms with E-state index in [-0.39, 0.29) is 5.92 Å². The van der Waals surface area contributed by atoms with Gasteiger partial charge in [-0.15, -0.1) is 0 Å². The van der Waals surface area contributed by atoms with Crippen molar-refractivity contribution in [2.24, 2.45) is 11.7 Å². The van der Waals surface area contributed by atoms with Gasteiger partial charge in [0.25, 0.3) is 0 Å². The van der Waals surface area contributed by atoms with Crippen LogP contribution in [0.25, 0.3) is 0 Å². The molecule has 0 radical (unpaired) electrons. The molecule has 0 aliphatic rings. The zero-order chi connectivity index (χ0) is 11.0. The average molecular weight is 201 g/mol. The van der Waals surface area contributed by atoms with Crippen LogP contribution >= 0.6 is 0 Å². The van der Waals surface area contributed by atoms with Crippen LogP contribution in [0.15, 0.2) is 0 Å². The fourth-order valence-electron chi connectivity index (χ4n) is 1.66. The van der Waals surface area contributed by atoms with Gasteiger partial charge in [-0.1, -0.05) is 46.5 Å². The third kappa shape index (κ3) is 5.61. The Labute approximate surface area is 88.9 Å². The Morgan fingerprint density at radius 3 is 2.21 bits per heavy atom. The van der Waals surface area contributed by atoms with Crippen molar-refractivity contribution >= 4 is 0 Å². The molecule has 2 atom stereocenters.